The Hall–Kier alpha value is -4.82. The van der Waals surface area contributed by atoms with Crippen LogP contribution in [0.5, 0.6) is 0 Å². The molecule has 0 radical (unpaired) electrons. The van der Waals surface area contributed by atoms with Crippen LogP contribution in [0.25, 0.3) is 43.7 Å². The third-order valence-corrected chi connectivity index (χ3v) is 7.72. The summed E-state index contributed by atoms with van der Waals surface area (Å²) in [5, 5.41) is 5.05. The van der Waals surface area contributed by atoms with E-state index in [0.29, 0.717) is 0 Å². The van der Waals surface area contributed by atoms with Gasteiger partial charge in [0.25, 0.3) is 0 Å². The normalized spacial score (nSPS) is 15.3. The van der Waals surface area contributed by atoms with Crippen molar-refractivity contribution in [2.75, 3.05) is 4.90 Å². The number of aryl methyl sites for hydroxylation is 1. The Morgan fingerprint density at radius 1 is 0.658 bits per heavy atom. The van der Waals surface area contributed by atoms with E-state index < -0.39 is 0 Å². The number of aromatic nitrogens is 1. The number of allylic oxidation sites excluding steroid dienone is 4. The van der Waals surface area contributed by atoms with E-state index in [1.165, 1.54) is 49.3 Å². The van der Waals surface area contributed by atoms with Gasteiger partial charge in [-0.2, -0.15) is 0 Å². The van der Waals surface area contributed by atoms with Gasteiger partial charge in [-0.3, -0.25) is 0 Å². The molecule has 0 saturated heterocycles. The van der Waals surface area contributed by atoms with Crippen LogP contribution >= 0.6 is 0 Å². The Morgan fingerprint density at radius 3 is 2.34 bits per heavy atom. The average molecular weight is 489 g/mol. The van der Waals surface area contributed by atoms with E-state index in [9.17, 15) is 0 Å². The van der Waals surface area contributed by atoms with Crippen molar-refractivity contribution in [2.24, 2.45) is 7.05 Å². The summed E-state index contributed by atoms with van der Waals surface area (Å²) >= 11 is 0. The first kappa shape index (κ1) is 22.4. The monoisotopic (exact) mass is 488 g/mol. The molecule has 0 fully saturated rings. The van der Waals surface area contributed by atoms with Crippen molar-refractivity contribution in [3.05, 3.63) is 145 Å². The first-order valence-electron chi connectivity index (χ1n) is 13.1. The van der Waals surface area contributed by atoms with E-state index >= 15 is 0 Å². The first-order valence-corrected chi connectivity index (χ1v) is 13.1. The molecule has 0 aliphatic carbocycles. The summed E-state index contributed by atoms with van der Waals surface area (Å²) in [5.74, 6) is 0. The summed E-state index contributed by atoms with van der Waals surface area (Å²) in [5.41, 5.74) is 9.47. The van der Waals surface area contributed by atoms with E-state index in [-0.39, 0.29) is 0 Å². The molecular formula is C36H28N2. The molecular weight excluding hydrogens is 460 g/mol. The lowest BCUT2D eigenvalue weighted by atomic mass is 9.97. The third kappa shape index (κ3) is 3.65. The zero-order valence-corrected chi connectivity index (χ0v) is 21.4. The Labute approximate surface area is 223 Å². The Bertz CT molecular complexity index is 1930. The van der Waals surface area contributed by atoms with Gasteiger partial charge in [0.15, 0.2) is 0 Å². The highest BCUT2D eigenvalue weighted by Crippen LogP contribution is 2.38. The van der Waals surface area contributed by atoms with Gasteiger partial charge in [-0.1, -0.05) is 85.5 Å². The Morgan fingerprint density at radius 2 is 1.42 bits per heavy atom. The lowest BCUT2D eigenvalue weighted by Crippen LogP contribution is -2.16. The summed E-state index contributed by atoms with van der Waals surface area (Å²) in [6.07, 6.45) is 9.36. The highest BCUT2D eigenvalue weighted by Gasteiger charge is 2.18. The molecule has 5 aromatic carbocycles. The SMILES string of the molecule is C=C1/C=C\C=C/Cc2cc(-c3ccc4c(c3)c3ccccc3n4C)ccc2N1c1ccc2ccccc2c1. The zero-order chi connectivity index (χ0) is 25.6. The molecule has 0 unspecified atom stereocenters. The van der Waals surface area contributed by atoms with Gasteiger partial charge in [0.05, 0.1) is 0 Å². The molecule has 0 bridgehead atoms. The van der Waals surface area contributed by atoms with Crippen molar-refractivity contribution < 1.29 is 0 Å². The quantitative estimate of drug-likeness (QED) is 0.236. The Kier molecular flexibility index (Phi) is 5.26. The van der Waals surface area contributed by atoms with Crippen molar-refractivity contribution in [2.45, 2.75) is 6.42 Å². The van der Waals surface area contributed by atoms with Gasteiger partial charge >= 0.3 is 0 Å². The second kappa shape index (κ2) is 8.93. The van der Waals surface area contributed by atoms with E-state index in [1.54, 1.807) is 0 Å². The summed E-state index contributed by atoms with van der Waals surface area (Å²) in [7, 11) is 2.15. The molecule has 2 heterocycles. The molecule has 0 amide bonds. The molecule has 1 aromatic heterocycles. The average Bonchev–Trinajstić information content (AvgIpc) is 3.28. The molecule has 0 atom stereocenters. The molecule has 6 aromatic rings. The number of anilines is 2. The van der Waals surface area contributed by atoms with Gasteiger partial charge < -0.3 is 9.47 Å². The van der Waals surface area contributed by atoms with E-state index in [2.05, 4.69) is 151 Å². The van der Waals surface area contributed by atoms with Gasteiger partial charge in [-0.15, -0.1) is 0 Å². The van der Waals surface area contributed by atoms with Gasteiger partial charge in [-0.05, 0) is 82.4 Å². The topological polar surface area (TPSA) is 8.17 Å². The molecule has 0 saturated carbocycles. The standard InChI is InChI=1S/C36H28N2/c1-25-10-4-3-5-13-30-22-28(29-18-21-36-33(24-29)32-14-8-9-15-35(32)37(36)2)17-20-34(30)38(25)31-19-16-26-11-6-7-12-27(26)23-31/h3-12,14-24H,1,13H2,2H3/b5-3-,10-4-. The summed E-state index contributed by atoms with van der Waals surface area (Å²) in [4.78, 5) is 2.28. The summed E-state index contributed by atoms with van der Waals surface area (Å²) in [6, 6.07) is 37.5. The lowest BCUT2D eigenvalue weighted by molar-refractivity contribution is 1.01. The zero-order valence-electron chi connectivity index (χ0n) is 21.4. The second-order valence-electron chi connectivity index (χ2n) is 10.0. The van der Waals surface area contributed by atoms with Crippen molar-refractivity contribution >= 4 is 44.0 Å². The summed E-state index contributed by atoms with van der Waals surface area (Å²) < 4.78 is 2.28. The first-order chi connectivity index (χ1) is 18.7. The number of benzene rings is 5. The van der Waals surface area contributed by atoms with Crippen LogP contribution in [0.4, 0.5) is 11.4 Å². The van der Waals surface area contributed by atoms with E-state index in [0.717, 1.165) is 23.5 Å². The van der Waals surface area contributed by atoms with Crippen LogP contribution in [0.1, 0.15) is 5.56 Å². The van der Waals surface area contributed by atoms with Crippen molar-refractivity contribution in [3.8, 4) is 11.1 Å². The molecule has 0 spiro atoms. The van der Waals surface area contributed by atoms with Gasteiger partial charge in [-0.25, -0.2) is 0 Å². The number of fused-ring (bicyclic) bond motifs is 5. The minimum absolute atomic E-state index is 0.849. The second-order valence-corrected chi connectivity index (χ2v) is 10.0. The fourth-order valence-electron chi connectivity index (χ4n) is 5.78. The fraction of sp³-hybridized carbons (Fsp3) is 0.0556. The number of para-hydroxylation sites is 1. The molecule has 0 N–H and O–H groups in total. The minimum Gasteiger partial charge on any atom is -0.344 e. The van der Waals surface area contributed by atoms with Crippen molar-refractivity contribution in [1.82, 2.24) is 4.57 Å². The van der Waals surface area contributed by atoms with Crippen LogP contribution in [0.2, 0.25) is 0 Å². The maximum atomic E-state index is 4.44. The van der Waals surface area contributed by atoms with Gasteiger partial charge in [0, 0.05) is 45.9 Å². The van der Waals surface area contributed by atoms with E-state index in [4.69, 9.17) is 0 Å². The smallest absolute Gasteiger partial charge is 0.0496 e. The predicted molar refractivity (Wildman–Crippen MR) is 163 cm³/mol. The number of hydrogen-bond donors (Lipinski definition) is 0. The molecule has 1 aliphatic rings. The molecule has 2 nitrogen and oxygen atoms in total. The fourth-order valence-corrected chi connectivity index (χ4v) is 5.78. The maximum Gasteiger partial charge on any atom is 0.0496 e. The van der Waals surface area contributed by atoms with Crippen LogP contribution in [-0.4, -0.2) is 4.57 Å². The van der Waals surface area contributed by atoms with Crippen LogP contribution < -0.4 is 4.90 Å². The van der Waals surface area contributed by atoms with Gasteiger partial charge in [0.1, 0.15) is 0 Å². The number of rotatable bonds is 2. The molecule has 1 aliphatic heterocycles. The van der Waals surface area contributed by atoms with Crippen molar-refractivity contribution in [1.29, 1.82) is 0 Å². The largest absolute Gasteiger partial charge is 0.344 e. The minimum atomic E-state index is 0.849. The third-order valence-electron chi connectivity index (χ3n) is 7.72. The van der Waals surface area contributed by atoms with Crippen LogP contribution in [-0.2, 0) is 13.5 Å². The molecule has 2 heteroatoms. The molecule has 182 valence electrons. The lowest BCUT2D eigenvalue weighted by Gasteiger charge is -2.28. The van der Waals surface area contributed by atoms with Crippen LogP contribution in [0.15, 0.2) is 140 Å². The van der Waals surface area contributed by atoms with Crippen LogP contribution in [0.3, 0.4) is 0 Å². The molecule has 7 rings (SSSR count). The molecule has 38 heavy (non-hydrogen) atoms. The number of hydrogen-bond acceptors (Lipinski definition) is 1. The predicted octanol–water partition coefficient (Wildman–Crippen LogP) is 9.47. The Balaban J connectivity index is 1.37. The summed E-state index contributed by atoms with van der Waals surface area (Å²) in [6.45, 7) is 4.44. The van der Waals surface area contributed by atoms with Gasteiger partial charge in [0.2, 0.25) is 0 Å². The maximum absolute atomic E-state index is 4.44. The number of nitrogens with zero attached hydrogens (tertiary/aromatic N) is 2. The highest BCUT2D eigenvalue weighted by atomic mass is 15.1. The van der Waals surface area contributed by atoms with Crippen molar-refractivity contribution in [3.63, 3.8) is 0 Å². The highest BCUT2D eigenvalue weighted by molar-refractivity contribution is 6.09. The van der Waals surface area contributed by atoms with E-state index in [1.807, 2.05) is 0 Å². The van der Waals surface area contributed by atoms with Crippen LogP contribution in [0, 0.1) is 0 Å².